The zero-order valence-electron chi connectivity index (χ0n) is 16.0. The Morgan fingerprint density at radius 3 is 2.75 bits per heavy atom. The van der Waals surface area contributed by atoms with E-state index < -0.39 is 10.8 Å². The summed E-state index contributed by atoms with van der Waals surface area (Å²) in [5.74, 6) is -0.196. The van der Waals surface area contributed by atoms with Crippen LogP contribution in [0.15, 0.2) is 40.3 Å². The van der Waals surface area contributed by atoms with Crippen LogP contribution < -0.4 is 11.0 Å². The Labute approximate surface area is 168 Å². The monoisotopic (exact) mass is 399 g/mol. The molecule has 1 fully saturated rings. The number of aromatic nitrogens is 3. The first-order valence-corrected chi connectivity index (χ1v) is 10.5. The summed E-state index contributed by atoms with van der Waals surface area (Å²) >= 11 is 1.23. The first-order valence-electron chi connectivity index (χ1n) is 9.62. The summed E-state index contributed by atoms with van der Waals surface area (Å²) in [6.45, 7) is 2.26. The largest absolute Gasteiger partial charge is 0.343 e. The van der Waals surface area contributed by atoms with Crippen molar-refractivity contribution in [3.05, 3.63) is 46.4 Å². The second-order valence-electron chi connectivity index (χ2n) is 7.20. The summed E-state index contributed by atoms with van der Waals surface area (Å²) < 4.78 is 1.56. The van der Waals surface area contributed by atoms with Gasteiger partial charge in [0.2, 0.25) is 5.91 Å². The minimum Gasteiger partial charge on any atom is -0.337 e. The smallest absolute Gasteiger partial charge is 0.337 e. The molecule has 2 aromatic rings. The maximum absolute atomic E-state index is 12.7. The number of hydrogen-bond donors (Lipinski definition) is 2. The van der Waals surface area contributed by atoms with Crippen molar-refractivity contribution in [3.63, 3.8) is 0 Å². The van der Waals surface area contributed by atoms with Gasteiger partial charge in [-0.25, -0.2) is 9.89 Å². The second kappa shape index (κ2) is 9.11. The van der Waals surface area contributed by atoms with E-state index in [-0.39, 0.29) is 11.6 Å². The third kappa shape index (κ3) is 4.84. The Hall–Kier alpha value is -2.53. The van der Waals surface area contributed by atoms with Gasteiger partial charge in [-0.1, -0.05) is 61.4 Å². The minimum absolute atomic E-state index is 0.196. The van der Waals surface area contributed by atoms with E-state index in [1.54, 1.807) is 11.5 Å². The van der Waals surface area contributed by atoms with Crippen LogP contribution in [0.3, 0.4) is 0 Å². The molecule has 148 valence electrons. The lowest BCUT2D eigenvalue weighted by Crippen LogP contribution is -2.51. The number of thioether (sulfide) groups is 1. The number of carbonyl (C=O) groups excluding carboxylic acids is 1. The normalized spacial score (nSPS) is 16.9. The predicted molar refractivity (Wildman–Crippen MR) is 108 cm³/mol. The Morgan fingerprint density at radius 1 is 1.36 bits per heavy atom. The van der Waals surface area contributed by atoms with Crippen LogP contribution in [0.5, 0.6) is 0 Å². The molecule has 0 aliphatic heterocycles. The fourth-order valence-corrected chi connectivity index (χ4v) is 4.33. The number of aromatic amines is 1. The molecule has 2 N–H and O–H groups in total. The van der Waals surface area contributed by atoms with Crippen LogP contribution in [0, 0.1) is 11.3 Å². The van der Waals surface area contributed by atoms with Gasteiger partial charge in [-0.05, 0) is 31.7 Å². The molecule has 1 aromatic heterocycles. The van der Waals surface area contributed by atoms with Crippen molar-refractivity contribution in [2.45, 2.75) is 67.9 Å². The lowest BCUT2D eigenvalue weighted by atomic mass is 9.83. The van der Waals surface area contributed by atoms with Crippen molar-refractivity contribution in [1.29, 1.82) is 5.26 Å². The standard InChI is InChI=1S/C20H25N5O2S/c1-15(17(26)22-20(14-21)11-6-3-7-12-20)28-19-24-23-18(27)25(19)13-10-16-8-4-2-5-9-16/h2,4-5,8-9,15H,3,6-7,10-13H2,1H3,(H,22,26)(H,23,27). The molecule has 0 saturated heterocycles. The first kappa shape index (κ1) is 20.2. The molecule has 1 atom stereocenters. The summed E-state index contributed by atoms with van der Waals surface area (Å²) in [7, 11) is 0. The molecule has 1 unspecified atom stereocenters. The Bertz CT molecular complexity index is 893. The number of H-pyrrole nitrogens is 1. The molecule has 0 bridgehead atoms. The van der Waals surface area contributed by atoms with E-state index in [4.69, 9.17) is 0 Å². The van der Waals surface area contributed by atoms with E-state index in [1.165, 1.54) is 11.8 Å². The minimum atomic E-state index is -0.761. The van der Waals surface area contributed by atoms with Crippen molar-refractivity contribution in [2.75, 3.05) is 0 Å². The highest BCUT2D eigenvalue weighted by molar-refractivity contribution is 8.00. The van der Waals surface area contributed by atoms with E-state index in [0.717, 1.165) is 24.8 Å². The third-order valence-corrected chi connectivity index (χ3v) is 6.22. The molecule has 1 aliphatic carbocycles. The van der Waals surface area contributed by atoms with Crippen LogP contribution in [0.4, 0.5) is 0 Å². The van der Waals surface area contributed by atoms with Gasteiger partial charge in [-0.2, -0.15) is 5.26 Å². The van der Waals surface area contributed by atoms with E-state index in [2.05, 4.69) is 21.6 Å². The highest BCUT2D eigenvalue weighted by Gasteiger charge is 2.35. The average molecular weight is 400 g/mol. The fraction of sp³-hybridized carbons (Fsp3) is 0.500. The van der Waals surface area contributed by atoms with Crippen LogP contribution in [0.25, 0.3) is 0 Å². The average Bonchev–Trinajstić information content (AvgIpc) is 3.07. The maximum atomic E-state index is 12.7. The number of amides is 1. The number of nitrogens with zero attached hydrogens (tertiary/aromatic N) is 3. The number of nitriles is 1. The molecule has 1 amide bonds. The summed E-state index contributed by atoms with van der Waals surface area (Å²) in [6, 6.07) is 12.2. The summed E-state index contributed by atoms with van der Waals surface area (Å²) in [5.41, 5.74) is 0.0836. The molecule has 1 saturated carbocycles. The number of nitrogens with one attached hydrogen (secondary N) is 2. The number of benzene rings is 1. The Balaban J connectivity index is 1.64. The zero-order chi connectivity index (χ0) is 20.0. The molecule has 1 aliphatic rings. The molecule has 7 nitrogen and oxygen atoms in total. The van der Waals surface area contributed by atoms with Crippen molar-refractivity contribution >= 4 is 17.7 Å². The van der Waals surface area contributed by atoms with Gasteiger partial charge < -0.3 is 5.32 Å². The summed E-state index contributed by atoms with van der Waals surface area (Å²) in [4.78, 5) is 24.8. The van der Waals surface area contributed by atoms with Gasteiger partial charge in [-0.15, -0.1) is 5.10 Å². The van der Waals surface area contributed by atoms with Crippen molar-refractivity contribution in [3.8, 4) is 6.07 Å². The molecular weight excluding hydrogens is 374 g/mol. The van der Waals surface area contributed by atoms with E-state index in [9.17, 15) is 14.9 Å². The number of hydrogen-bond acceptors (Lipinski definition) is 5. The van der Waals surface area contributed by atoms with E-state index in [0.29, 0.717) is 31.0 Å². The zero-order valence-corrected chi connectivity index (χ0v) is 16.8. The van der Waals surface area contributed by atoms with Gasteiger partial charge in [-0.3, -0.25) is 9.36 Å². The third-order valence-electron chi connectivity index (χ3n) is 5.13. The van der Waals surface area contributed by atoms with Gasteiger partial charge in [0.1, 0.15) is 5.54 Å². The SMILES string of the molecule is CC(Sc1n[nH]c(=O)n1CCc1ccccc1)C(=O)NC1(C#N)CCCCC1. The van der Waals surface area contributed by atoms with Crippen molar-refractivity contribution < 1.29 is 4.79 Å². The van der Waals surface area contributed by atoms with Gasteiger partial charge >= 0.3 is 5.69 Å². The fourth-order valence-electron chi connectivity index (χ4n) is 3.45. The van der Waals surface area contributed by atoms with Gasteiger partial charge in [0.25, 0.3) is 0 Å². The van der Waals surface area contributed by atoms with Gasteiger partial charge in [0.05, 0.1) is 11.3 Å². The highest BCUT2D eigenvalue weighted by Crippen LogP contribution is 2.29. The molecule has 1 aromatic carbocycles. The van der Waals surface area contributed by atoms with Crippen LogP contribution >= 0.6 is 11.8 Å². The van der Waals surface area contributed by atoms with Crippen molar-refractivity contribution in [2.24, 2.45) is 0 Å². The van der Waals surface area contributed by atoms with Crippen LogP contribution in [-0.4, -0.2) is 31.5 Å². The van der Waals surface area contributed by atoms with E-state index >= 15 is 0 Å². The highest BCUT2D eigenvalue weighted by atomic mass is 32.2. The lowest BCUT2D eigenvalue weighted by Gasteiger charge is -2.32. The quantitative estimate of drug-likeness (QED) is 0.697. The molecule has 8 heteroatoms. The van der Waals surface area contributed by atoms with Crippen LogP contribution in [0.1, 0.15) is 44.6 Å². The first-order chi connectivity index (χ1) is 13.5. The van der Waals surface area contributed by atoms with Crippen LogP contribution in [0.2, 0.25) is 0 Å². The van der Waals surface area contributed by atoms with Gasteiger partial charge in [0.15, 0.2) is 5.16 Å². The maximum Gasteiger partial charge on any atom is 0.343 e. The summed E-state index contributed by atoms with van der Waals surface area (Å²) in [6.07, 6.45) is 5.09. The number of rotatable bonds is 7. The topological polar surface area (TPSA) is 104 Å². The predicted octanol–water partition coefficient (Wildman–Crippen LogP) is 2.64. The molecule has 0 radical (unpaired) electrons. The number of carbonyl (C=O) groups is 1. The Kier molecular flexibility index (Phi) is 6.57. The van der Waals surface area contributed by atoms with Crippen molar-refractivity contribution in [1.82, 2.24) is 20.1 Å². The summed E-state index contributed by atoms with van der Waals surface area (Å²) in [5, 5.41) is 19.1. The number of aryl methyl sites for hydroxylation is 1. The molecule has 3 rings (SSSR count). The van der Waals surface area contributed by atoms with Gasteiger partial charge in [0, 0.05) is 6.54 Å². The van der Waals surface area contributed by atoms with Crippen LogP contribution in [-0.2, 0) is 17.8 Å². The molecule has 1 heterocycles. The molecule has 28 heavy (non-hydrogen) atoms. The second-order valence-corrected chi connectivity index (χ2v) is 8.51. The molecular formula is C20H25N5O2S. The molecule has 0 spiro atoms. The lowest BCUT2D eigenvalue weighted by molar-refractivity contribution is -0.121. The van der Waals surface area contributed by atoms with E-state index in [1.807, 2.05) is 30.3 Å². The Morgan fingerprint density at radius 2 is 2.07 bits per heavy atom.